The van der Waals surface area contributed by atoms with Gasteiger partial charge in [-0.3, -0.25) is 23.7 Å². The third kappa shape index (κ3) is 4.80. The predicted octanol–water partition coefficient (Wildman–Crippen LogP) is 0.842. The highest BCUT2D eigenvalue weighted by Gasteiger charge is 2.34. The summed E-state index contributed by atoms with van der Waals surface area (Å²) in [6, 6.07) is -0.478. The van der Waals surface area contributed by atoms with Crippen LogP contribution < -0.4 is 10.9 Å². The Morgan fingerprint density at radius 2 is 1.97 bits per heavy atom. The molecule has 0 unspecified atom stereocenters. The van der Waals surface area contributed by atoms with Crippen LogP contribution in [0.2, 0.25) is 0 Å². The molecule has 35 heavy (non-hydrogen) atoms. The number of aromatic nitrogens is 3. The number of nitrogens with one attached hydrogen (secondary N) is 1. The fourth-order valence-electron chi connectivity index (χ4n) is 4.39. The van der Waals surface area contributed by atoms with Gasteiger partial charge in [-0.05, 0) is 37.7 Å². The standard InChI is InChI=1S/C24H32N6O5/c1-14(2)13-29-21-15(7-10-18(31)28-11-5-6-17(28)22(33)27(3)4)12-25-30(21)24(35)19(23(29)34)20(32)26-16-8-9-16/h7,10,12,14,16-17,35H,5-6,8-9,11,13H2,1-4H3,(H,26,32)/b10-7+/t17-/m0/s1. The fourth-order valence-corrected chi connectivity index (χ4v) is 4.39. The second-order valence-electron chi connectivity index (χ2n) is 9.85. The number of nitrogens with zero attached hydrogens (tertiary/aromatic N) is 5. The molecule has 0 radical (unpaired) electrons. The van der Waals surface area contributed by atoms with Crippen LogP contribution in [0.5, 0.6) is 5.88 Å². The maximum atomic E-state index is 13.3. The van der Waals surface area contributed by atoms with Crippen LogP contribution in [-0.4, -0.2) is 79.5 Å². The molecule has 188 valence electrons. The number of hydrogen-bond acceptors (Lipinski definition) is 6. The molecular formula is C24H32N6O5. The van der Waals surface area contributed by atoms with E-state index in [1.165, 1.54) is 27.8 Å². The lowest BCUT2D eigenvalue weighted by atomic mass is 10.2. The van der Waals surface area contributed by atoms with Crippen molar-refractivity contribution in [1.82, 2.24) is 29.3 Å². The normalized spacial score (nSPS) is 18.1. The topological polar surface area (TPSA) is 129 Å². The van der Waals surface area contributed by atoms with Crippen molar-refractivity contribution in [2.24, 2.45) is 5.92 Å². The molecule has 11 nitrogen and oxygen atoms in total. The molecule has 2 aromatic heterocycles. The summed E-state index contributed by atoms with van der Waals surface area (Å²) in [5, 5.41) is 17.7. The van der Waals surface area contributed by atoms with Gasteiger partial charge in [-0.1, -0.05) is 13.8 Å². The molecule has 3 amide bonds. The zero-order valence-corrected chi connectivity index (χ0v) is 20.5. The monoisotopic (exact) mass is 484 g/mol. The lowest BCUT2D eigenvalue weighted by molar-refractivity contribution is -0.139. The van der Waals surface area contributed by atoms with E-state index in [-0.39, 0.29) is 35.0 Å². The Labute approximate surface area is 203 Å². The van der Waals surface area contributed by atoms with Gasteiger partial charge in [0.05, 0.1) is 6.20 Å². The number of rotatable bonds is 7. The third-order valence-electron chi connectivity index (χ3n) is 6.26. The number of amides is 3. The number of hydrogen-bond donors (Lipinski definition) is 2. The van der Waals surface area contributed by atoms with Crippen LogP contribution in [0.3, 0.4) is 0 Å². The van der Waals surface area contributed by atoms with E-state index in [1.54, 1.807) is 19.0 Å². The van der Waals surface area contributed by atoms with Crippen molar-refractivity contribution in [3.63, 3.8) is 0 Å². The van der Waals surface area contributed by atoms with Gasteiger partial charge < -0.3 is 20.2 Å². The molecule has 4 rings (SSSR count). The van der Waals surface area contributed by atoms with Crippen molar-refractivity contribution < 1.29 is 19.5 Å². The molecule has 2 N–H and O–H groups in total. The Morgan fingerprint density at radius 3 is 2.60 bits per heavy atom. The maximum Gasteiger partial charge on any atom is 0.270 e. The lowest BCUT2D eigenvalue weighted by Crippen LogP contribution is -2.44. The van der Waals surface area contributed by atoms with E-state index in [4.69, 9.17) is 0 Å². The molecule has 1 saturated heterocycles. The van der Waals surface area contributed by atoms with Gasteiger partial charge in [0.2, 0.25) is 17.7 Å². The number of likely N-dealkylation sites (tertiary alicyclic amines) is 1. The average Bonchev–Trinajstić information content (AvgIpc) is 3.30. The maximum absolute atomic E-state index is 13.3. The number of carbonyl (C=O) groups is 3. The highest BCUT2D eigenvalue weighted by atomic mass is 16.3. The van der Waals surface area contributed by atoms with Gasteiger partial charge in [0, 0.05) is 44.9 Å². The zero-order chi connectivity index (χ0) is 25.4. The second-order valence-corrected chi connectivity index (χ2v) is 9.85. The van der Waals surface area contributed by atoms with Gasteiger partial charge >= 0.3 is 0 Å². The molecule has 0 bridgehead atoms. The Hall–Kier alpha value is -3.63. The average molecular weight is 485 g/mol. The van der Waals surface area contributed by atoms with Gasteiger partial charge in [0.15, 0.2) is 5.56 Å². The summed E-state index contributed by atoms with van der Waals surface area (Å²) in [5.41, 5.74) is -0.229. The molecule has 11 heteroatoms. The molecular weight excluding hydrogens is 452 g/mol. The summed E-state index contributed by atoms with van der Waals surface area (Å²) in [4.78, 5) is 54.4. The zero-order valence-electron chi connectivity index (χ0n) is 20.5. The first kappa shape index (κ1) is 24.5. The summed E-state index contributed by atoms with van der Waals surface area (Å²) in [5.74, 6) is -1.53. The number of likely N-dealkylation sites (N-methyl/N-ethyl adjacent to an activating group) is 1. The van der Waals surface area contributed by atoms with Crippen molar-refractivity contribution in [1.29, 1.82) is 0 Å². The predicted molar refractivity (Wildman–Crippen MR) is 129 cm³/mol. The molecule has 2 aliphatic rings. The molecule has 1 aliphatic carbocycles. The van der Waals surface area contributed by atoms with Gasteiger partial charge in [0.1, 0.15) is 11.7 Å². The summed E-state index contributed by atoms with van der Waals surface area (Å²) >= 11 is 0. The summed E-state index contributed by atoms with van der Waals surface area (Å²) in [6.07, 6.45) is 7.36. The summed E-state index contributed by atoms with van der Waals surface area (Å²) in [7, 11) is 3.33. The number of carbonyl (C=O) groups excluding carboxylic acids is 3. The highest BCUT2D eigenvalue weighted by molar-refractivity contribution is 5.98. The van der Waals surface area contributed by atoms with Crippen molar-refractivity contribution in [3.8, 4) is 5.88 Å². The quantitative estimate of drug-likeness (QED) is 0.561. The molecule has 0 spiro atoms. The van der Waals surface area contributed by atoms with Gasteiger partial charge in [-0.2, -0.15) is 9.61 Å². The largest absolute Gasteiger partial charge is 0.492 e. The van der Waals surface area contributed by atoms with Crippen LogP contribution in [0.1, 0.15) is 55.5 Å². The van der Waals surface area contributed by atoms with Crippen molar-refractivity contribution in [3.05, 3.63) is 33.8 Å². The smallest absolute Gasteiger partial charge is 0.270 e. The van der Waals surface area contributed by atoms with Crippen LogP contribution in [0.25, 0.3) is 11.7 Å². The van der Waals surface area contributed by atoms with Crippen LogP contribution in [0.4, 0.5) is 0 Å². The molecule has 2 aromatic rings. The minimum Gasteiger partial charge on any atom is -0.492 e. The van der Waals surface area contributed by atoms with Crippen molar-refractivity contribution in [2.75, 3.05) is 20.6 Å². The lowest BCUT2D eigenvalue weighted by Gasteiger charge is -2.25. The number of aromatic hydroxyl groups is 1. The molecule has 2 fully saturated rings. The third-order valence-corrected chi connectivity index (χ3v) is 6.26. The summed E-state index contributed by atoms with van der Waals surface area (Å²) in [6.45, 7) is 4.65. The minimum absolute atomic E-state index is 0.0199. The number of fused-ring (bicyclic) bond motifs is 1. The van der Waals surface area contributed by atoms with E-state index in [0.29, 0.717) is 25.1 Å². The SMILES string of the molecule is CC(C)Cn1c(=O)c(C(=O)NC2CC2)c(O)n2ncc(/C=C/C(=O)N3CCC[C@H]3C(=O)N(C)C)c12. The Kier molecular flexibility index (Phi) is 6.68. The van der Waals surface area contributed by atoms with Crippen molar-refractivity contribution >= 4 is 29.4 Å². The molecule has 1 aliphatic heterocycles. The van der Waals surface area contributed by atoms with Crippen LogP contribution in [-0.2, 0) is 16.1 Å². The molecule has 0 aromatic carbocycles. The van der Waals surface area contributed by atoms with E-state index in [0.717, 1.165) is 23.8 Å². The molecule has 1 saturated carbocycles. The first-order valence-electron chi connectivity index (χ1n) is 11.9. The summed E-state index contributed by atoms with van der Waals surface area (Å²) < 4.78 is 2.57. The Balaban J connectivity index is 1.71. The van der Waals surface area contributed by atoms with E-state index in [1.807, 2.05) is 13.8 Å². The Bertz CT molecular complexity index is 1250. The van der Waals surface area contributed by atoms with Gasteiger partial charge in [0.25, 0.3) is 11.5 Å². The molecule has 1 atom stereocenters. The minimum atomic E-state index is -0.622. The van der Waals surface area contributed by atoms with E-state index >= 15 is 0 Å². The second kappa shape index (κ2) is 9.55. The first-order chi connectivity index (χ1) is 16.6. The Morgan fingerprint density at radius 1 is 1.26 bits per heavy atom. The van der Waals surface area contributed by atoms with E-state index in [9.17, 15) is 24.3 Å². The van der Waals surface area contributed by atoms with Gasteiger partial charge in [-0.25, -0.2) is 0 Å². The van der Waals surface area contributed by atoms with Crippen LogP contribution >= 0.6 is 0 Å². The van der Waals surface area contributed by atoms with Gasteiger partial charge in [-0.15, -0.1) is 0 Å². The first-order valence-corrected chi connectivity index (χ1v) is 11.9. The van der Waals surface area contributed by atoms with Crippen LogP contribution in [0.15, 0.2) is 17.1 Å². The van der Waals surface area contributed by atoms with Crippen LogP contribution in [0, 0.1) is 5.92 Å². The fraction of sp³-hybridized carbons (Fsp3) is 0.542. The van der Waals surface area contributed by atoms with E-state index in [2.05, 4.69) is 10.4 Å². The van der Waals surface area contributed by atoms with E-state index < -0.39 is 23.4 Å². The molecule has 3 heterocycles. The highest BCUT2D eigenvalue weighted by Crippen LogP contribution is 2.24. The van der Waals surface area contributed by atoms with Crippen molar-refractivity contribution in [2.45, 2.75) is 58.2 Å².